The normalized spacial score (nSPS) is 12.5. The molecule has 13 aromatic rings. The van der Waals surface area contributed by atoms with Crippen molar-refractivity contribution < 1.29 is 4.42 Å². The maximum absolute atomic E-state index is 6.59. The Bertz CT molecular complexity index is 3700. The van der Waals surface area contributed by atoms with Crippen LogP contribution in [0.1, 0.15) is 0 Å². The van der Waals surface area contributed by atoms with Gasteiger partial charge in [-0.25, -0.2) is 9.97 Å². The minimum Gasteiger partial charge on any atom is -0.452 e. The summed E-state index contributed by atoms with van der Waals surface area (Å²) in [5, 5.41) is 13.1. The van der Waals surface area contributed by atoms with Crippen LogP contribution < -0.4 is 0 Å². The van der Waals surface area contributed by atoms with Gasteiger partial charge >= 0.3 is 0 Å². The van der Waals surface area contributed by atoms with E-state index in [4.69, 9.17) is 14.4 Å². The van der Waals surface area contributed by atoms with Gasteiger partial charge in [-0.15, -0.1) is 0 Å². The first-order valence-corrected chi connectivity index (χ1v) is 18.0. The van der Waals surface area contributed by atoms with Crippen LogP contribution >= 0.6 is 0 Å². The van der Waals surface area contributed by atoms with Crippen LogP contribution in [0.4, 0.5) is 0 Å². The number of hydrogen-bond acceptors (Lipinski definition) is 3. The third-order valence-corrected chi connectivity index (χ3v) is 11.4. The lowest BCUT2D eigenvalue weighted by molar-refractivity contribution is 0.666. The molecular formula is C48H26N4O. The van der Waals surface area contributed by atoms with E-state index in [0.717, 1.165) is 49.5 Å². The number of furan rings is 1. The van der Waals surface area contributed by atoms with Gasteiger partial charge in [-0.1, -0.05) is 121 Å². The number of nitrogens with zero attached hydrogens (tertiary/aromatic N) is 4. The zero-order valence-electron chi connectivity index (χ0n) is 28.2. The molecule has 0 fully saturated rings. The zero-order chi connectivity index (χ0) is 34.4. The smallest absolute Gasteiger partial charge is 0.236 e. The molecule has 5 heterocycles. The van der Waals surface area contributed by atoms with Gasteiger partial charge in [0.2, 0.25) is 5.95 Å². The Morgan fingerprint density at radius 2 is 1.11 bits per heavy atom. The second-order valence-electron chi connectivity index (χ2n) is 14.1. The topological polar surface area (TPSA) is 48.3 Å². The van der Waals surface area contributed by atoms with Gasteiger partial charge in [0.25, 0.3) is 0 Å². The zero-order valence-corrected chi connectivity index (χ0v) is 28.2. The van der Waals surface area contributed by atoms with Crippen LogP contribution in [0.2, 0.25) is 0 Å². The standard InChI is InChI=1S/C48H26N4O/c1-2-12-29-26-30(21-20-27(29)10-1)43-47-44(34-15-6-8-19-40(34)53-47)50-48(49-43)52-39-25-24-38-41(42(39)36-23-22-28-11-3-4-13-31(28)45(36)52)35-17-9-16-33-32-14-5-7-18-37(32)51(38)46(33)35/h1-26H. The van der Waals surface area contributed by atoms with Crippen molar-refractivity contribution in [3.05, 3.63) is 158 Å². The fourth-order valence-corrected chi connectivity index (χ4v) is 9.21. The van der Waals surface area contributed by atoms with E-state index in [0.29, 0.717) is 11.5 Å². The summed E-state index contributed by atoms with van der Waals surface area (Å²) in [6.45, 7) is 0. The van der Waals surface area contributed by atoms with Gasteiger partial charge in [0.15, 0.2) is 5.58 Å². The molecule has 5 nitrogen and oxygen atoms in total. The molecule has 53 heavy (non-hydrogen) atoms. The van der Waals surface area contributed by atoms with Crippen LogP contribution in [-0.2, 0) is 0 Å². The summed E-state index contributed by atoms with van der Waals surface area (Å²) < 4.78 is 11.3. The van der Waals surface area contributed by atoms with E-state index >= 15 is 0 Å². The molecule has 5 aromatic heterocycles. The van der Waals surface area contributed by atoms with Gasteiger partial charge in [0.05, 0.1) is 27.6 Å². The minimum absolute atomic E-state index is 0.616. The SMILES string of the molecule is c1ccc2cc(-c3nc(-n4c5ccc6c(c7cccc8c9ccccc9n6c87)c5c5ccc6ccccc6c54)nc4c3oc3ccccc34)ccc2c1. The molecule has 0 saturated heterocycles. The summed E-state index contributed by atoms with van der Waals surface area (Å²) in [7, 11) is 0. The highest BCUT2D eigenvalue weighted by molar-refractivity contribution is 6.34. The van der Waals surface area contributed by atoms with E-state index in [-0.39, 0.29) is 0 Å². The molecule has 0 atom stereocenters. The van der Waals surface area contributed by atoms with Crippen molar-refractivity contribution in [3.63, 3.8) is 0 Å². The average molecular weight is 675 g/mol. The van der Waals surface area contributed by atoms with E-state index < -0.39 is 0 Å². The van der Waals surface area contributed by atoms with Gasteiger partial charge in [0.1, 0.15) is 16.8 Å². The van der Waals surface area contributed by atoms with Crippen LogP contribution in [0.15, 0.2) is 162 Å². The number of hydrogen-bond donors (Lipinski definition) is 0. The highest BCUT2D eigenvalue weighted by Crippen LogP contribution is 2.46. The first kappa shape index (κ1) is 27.5. The monoisotopic (exact) mass is 674 g/mol. The molecule has 0 spiro atoms. The molecule has 13 rings (SSSR count). The van der Waals surface area contributed by atoms with Crippen molar-refractivity contribution in [2.45, 2.75) is 0 Å². The Hall–Kier alpha value is -7.24. The highest BCUT2D eigenvalue weighted by atomic mass is 16.3. The molecule has 0 unspecified atom stereocenters. The van der Waals surface area contributed by atoms with Gasteiger partial charge < -0.3 is 8.82 Å². The van der Waals surface area contributed by atoms with E-state index in [9.17, 15) is 0 Å². The van der Waals surface area contributed by atoms with Crippen LogP contribution in [0.3, 0.4) is 0 Å². The van der Waals surface area contributed by atoms with E-state index in [1.165, 1.54) is 59.6 Å². The van der Waals surface area contributed by atoms with Gasteiger partial charge in [-0.3, -0.25) is 4.57 Å². The summed E-state index contributed by atoms with van der Waals surface area (Å²) >= 11 is 0. The number of rotatable bonds is 2. The average Bonchev–Trinajstić information content (AvgIpc) is 3.96. The van der Waals surface area contributed by atoms with Crippen molar-refractivity contribution >= 4 is 104 Å². The second-order valence-corrected chi connectivity index (χ2v) is 14.1. The van der Waals surface area contributed by atoms with Gasteiger partial charge in [0, 0.05) is 48.7 Å². The molecule has 8 aromatic carbocycles. The van der Waals surface area contributed by atoms with Crippen molar-refractivity contribution in [3.8, 4) is 17.2 Å². The lowest BCUT2D eigenvalue weighted by Gasteiger charge is -2.11. The largest absolute Gasteiger partial charge is 0.452 e. The van der Waals surface area contributed by atoms with Crippen LogP contribution in [0.5, 0.6) is 0 Å². The first-order valence-electron chi connectivity index (χ1n) is 18.0. The maximum Gasteiger partial charge on any atom is 0.236 e. The van der Waals surface area contributed by atoms with E-state index in [2.05, 4.69) is 148 Å². The van der Waals surface area contributed by atoms with Crippen molar-refractivity contribution in [1.29, 1.82) is 0 Å². The predicted molar refractivity (Wildman–Crippen MR) is 219 cm³/mol. The summed E-state index contributed by atoms with van der Waals surface area (Å²) in [5.41, 5.74) is 9.90. The molecule has 5 heteroatoms. The Morgan fingerprint density at radius 1 is 0.434 bits per heavy atom. The van der Waals surface area contributed by atoms with Crippen molar-refractivity contribution in [1.82, 2.24) is 18.9 Å². The van der Waals surface area contributed by atoms with Crippen LogP contribution in [0.25, 0.3) is 121 Å². The molecule has 0 amide bonds. The van der Waals surface area contributed by atoms with Gasteiger partial charge in [-0.2, -0.15) is 0 Å². The molecule has 0 saturated carbocycles. The Kier molecular flexibility index (Phi) is 5.06. The summed E-state index contributed by atoms with van der Waals surface area (Å²) in [6, 6.07) is 56.4. The maximum atomic E-state index is 6.59. The lowest BCUT2D eigenvalue weighted by Crippen LogP contribution is -2.03. The molecule has 0 aliphatic rings. The molecule has 0 radical (unpaired) electrons. The van der Waals surface area contributed by atoms with E-state index in [1.54, 1.807) is 0 Å². The number of benzene rings is 8. The Morgan fingerprint density at radius 3 is 2.04 bits per heavy atom. The number of para-hydroxylation sites is 3. The lowest BCUT2D eigenvalue weighted by atomic mass is 10.0. The summed E-state index contributed by atoms with van der Waals surface area (Å²) in [4.78, 5) is 10.9. The van der Waals surface area contributed by atoms with Crippen molar-refractivity contribution in [2.24, 2.45) is 0 Å². The summed E-state index contributed by atoms with van der Waals surface area (Å²) in [5.74, 6) is 0.616. The fourth-order valence-electron chi connectivity index (χ4n) is 9.21. The summed E-state index contributed by atoms with van der Waals surface area (Å²) in [6.07, 6.45) is 0. The predicted octanol–water partition coefficient (Wildman–Crippen LogP) is 12.6. The number of fused-ring (bicyclic) bond motifs is 16. The first-order chi connectivity index (χ1) is 26.3. The number of aromatic nitrogens is 4. The molecule has 0 N–H and O–H groups in total. The third-order valence-electron chi connectivity index (χ3n) is 11.4. The fraction of sp³-hybridized carbons (Fsp3) is 0. The Labute approximate surface area is 300 Å². The minimum atomic E-state index is 0.616. The molecule has 244 valence electrons. The molecular weight excluding hydrogens is 649 g/mol. The van der Waals surface area contributed by atoms with Crippen LogP contribution in [0, 0.1) is 0 Å². The molecule has 0 aliphatic heterocycles. The molecule has 0 aliphatic carbocycles. The highest BCUT2D eigenvalue weighted by Gasteiger charge is 2.26. The molecule has 0 bridgehead atoms. The van der Waals surface area contributed by atoms with Gasteiger partial charge in [-0.05, 0) is 52.6 Å². The quantitative estimate of drug-likeness (QED) is 0.183. The van der Waals surface area contributed by atoms with Crippen LogP contribution in [-0.4, -0.2) is 18.9 Å². The second kappa shape index (κ2) is 9.75. The van der Waals surface area contributed by atoms with E-state index in [1.807, 2.05) is 18.2 Å². The third kappa shape index (κ3) is 3.46. The Balaban J connectivity index is 1.23. The van der Waals surface area contributed by atoms with Crippen molar-refractivity contribution in [2.75, 3.05) is 0 Å².